The SMILES string of the molecule is COc1ccc(NC2C=C(C)NC(=S)N2)cc1. The molecule has 1 aromatic rings. The Bertz CT molecular complexity index is 442. The van der Waals surface area contributed by atoms with Gasteiger partial charge in [-0.1, -0.05) is 0 Å². The molecule has 4 nitrogen and oxygen atoms in total. The number of allylic oxidation sites excluding steroid dienone is 1. The van der Waals surface area contributed by atoms with E-state index in [1.807, 2.05) is 37.3 Å². The monoisotopic (exact) mass is 249 g/mol. The molecule has 0 bridgehead atoms. The highest BCUT2D eigenvalue weighted by Crippen LogP contribution is 2.16. The van der Waals surface area contributed by atoms with E-state index in [4.69, 9.17) is 17.0 Å². The number of rotatable bonds is 3. The zero-order valence-electron chi connectivity index (χ0n) is 9.78. The molecule has 5 heteroatoms. The van der Waals surface area contributed by atoms with Crippen molar-refractivity contribution in [2.45, 2.75) is 13.1 Å². The fraction of sp³-hybridized carbons (Fsp3) is 0.250. The predicted molar refractivity (Wildman–Crippen MR) is 73.0 cm³/mol. The molecular formula is C12H15N3OS. The third-order valence-electron chi connectivity index (χ3n) is 2.43. The summed E-state index contributed by atoms with van der Waals surface area (Å²) < 4.78 is 5.11. The molecular weight excluding hydrogens is 234 g/mol. The molecule has 0 spiro atoms. The van der Waals surface area contributed by atoms with Crippen molar-refractivity contribution in [2.24, 2.45) is 0 Å². The average molecular weight is 249 g/mol. The predicted octanol–water partition coefficient (Wildman–Crippen LogP) is 1.81. The first kappa shape index (κ1) is 11.7. The first-order valence-corrected chi connectivity index (χ1v) is 5.75. The van der Waals surface area contributed by atoms with E-state index >= 15 is 0 Å². The van der Waals surface area contributed by atoms with E-state index in [-0.39, 0.29) is 6.17 Å². The molecule has 90 valence electrons. The summed E-state index contributed by atoms with van der Waals surface area (Å²) in [5.74, 6) is 0.844. The van der Waals surface area contributed by atoms with Crippen LogP contribution in [0.4, 0.5) is 5.69 Å². The van der Waals surface area contributed by atoms with E-state index in [0.717, 1.165) is 17.1 Å². The van der Waals surface area contributed by atoms with Crippen molar-refractivity contribution in [3.63, 3.8) is 0 Å². The molecule has 17 heavy (non-hydrogen) atoms. The molecule has 1 aliphatic heterocycles. The van der Waals surface area contributed by atoms with E-state index < -0.39 is 0 Å². The lowest BCUT2D eigenvalue weighted by atomic mass is 10.2. The molecule has 1 atom stereocenters. The molecule has 0 aromatic heterocycles. The molecule has 0 amide bonds. The number of ether oxygens (including phenoxy) is 1. The fourth-order valence-corrected chi connectivity index (χ4v) is 1.92. The molecule has 0 saturated heterocycles. The second kappa shape index (κ2) is 5.05. The van der Waals surface area contributed by atoms with Gasteiger partial charge in [0.25, 0.3) is 0 Å². The minimum absolute atomic E-state index is 0.0112. The third kappa shape index (κ3) is 3.10. The van der Waals surface area contributed by atoms with Gasteiger partial charge in [-0.05, 0) is 49.5 Å². The lowest BCUT2D eigenvalue weighted by Gasteiger charge is -2.25. The van der Waals surface area contributed by atoms with Crippen LogP contribution < -0.4 is 20.7 Å². The molecule has 0 radical (unpaired) electrons. The Balaban J connectivity index is 2.05. The largest absolute Gasteiger partial charge is 0.497 e. The van der Waals surface area contributed by atoms with Crippen molar-refractivity contribution in [1.82, 2.24) is 10.6 Å². The first-order valence-electron chi connectivity index (χ1n) is 5.34. The van der Waals surface area contributed by atoms with Crippen LogP contribution >= 0.6 is 12.2 Å². The molecule has 1 aromatic carbocycles. The van der Waals surface area contributed by atoms with E-state index in [2.05, 4.69) is 16.0 Å². The second-order valence-corrected chi connectivity index (χ2v) is 4.21. The molecule has 1 heterocycles. The van der Waals surface area contributed by atoms with Crippen LogP contribution in [0.3, 0.4) is 0 Å². The molecule has 2 rings (SSSR count). The summed E-state index contributed by atoms with van der Waals surface area (Å²) in [5.41, 5.74) is 2.05. The van der Waals surface area contributed by atoms with Gasteiger partial charge in [-0.2, -0.15) is 0 Å². The fourth-order valence-electron chi connectivity index (χ4n) is 1.63. The van der Waals surface area contributed by atoms with Gasteiger partial charge in [0.15, 0.2) is 5.11 Å². The highest BCUT2D eigenvalue weighted by molar-refractivity contribution is 7.80. The Morgan fingerprint density at radius 2 is 2.00 bits per heavy atom. The van der Waals surface area contributed by atoms with Gasteiger partial charge >= 0.3 is 0 Å². The molecule has 0 fully saturated rings. The molecule has 3 N–H and O–H groups in total. The quantitative estimate of drug-likeness (QED) is 0.713. The molecule has 1 aliphatic rings. The van der Waals surface area contributed by atoms with Gasteiger partial charge in [-0.15, -0.1) is 0 Å². The summed E-state index contributed by atoms with van der Waals surface area (Å²) in [4.78, 5) is 0. The van der Waals surface area contributed by atoms with Crippen molar-refractivity contribution in [1.29, 1.82) is 0 Å². The topological polar surface area (TPSA) is 45.3 Å². The Kier molecular flexibility index (Phi) is 3.49. The van der Waals surface area contributed by atoms with Crippen molar-refractivity contribution < 1.29 is 4.74 Å². The van der Waals surface area contributed by atoms with E-state index in [1.165, 1.54) is 0 Å². The normalized spacial score (nSPS) is 18.8. The van der Waals surface area contributed by atoms with Crippen LogP contribution in [-0.2, 0) is 0 Å². The van der Waals surface area contributed by atoms with Crippen LogP contribution in [0.1, 0.15) is 6.92 Å². The van der Waals surface area contributed by atoms with Gasteiger partial charge in [0, 0.05) is 11.4 Å². The van der Waals surface area contributed by atoms with Crippen LogP contribution in [0.2, 0.25) is 0 Å². The Morgan fingerprint density at radius 1 is 1.29 bits per heavy atom. The Labute approximate surface area is 106 Å². The number of nitrogens with one attached hydrogen (secondary N) is 3. The summed E-state index contributed by atoms with van der Waals surface area (Å²) in [6, 6.07) is 7.76. The standard InChI is InChI=1S/C12H15N3OS/c1-8-7-11(15-12(17)13-8)14-9-3-5-10(16-2)6-4-9/h3-7,11,14H,1-2H3,(H2,13,15,17). The Morgan fingerprint density at radius 3 is 2.59 bits per heavy atom. The lowest BCUT2D eigenvalue weighted by Crippen LogP contribution is -2.48. The molecule has 1 unspecified atom stereocenters. The number of methoxy groups -OCH3 is 1. The summed E-state index contributed by atoms with van der Waals surface area (Å²) in [6.07, 6.45) is 2.05. The van der Waals surface area contributed by atoms with Gasteiger partial charge < -0.3 is 20.7 Å². The maximum Gasteiger partial charge on any atom is 0.172 e. The average Bonchev–Trinajstić information content (AvgIpc) is 2.28. The van der Waals surface area contributed by atoms with Crippen molar-refractivity contribution in [2.75, 3.05) is 12.4 Å². The van der Waals surface area contributed by atoms with Gasteiger partial charge in [-0.3, -0.25) is 0 Å². The second-order valence-electron chi connectivity index (χ2n) is 3.80. The van der Waals surface area contributed by atoms with Crippen LogP contribution in [0.15, 0.2) is 36.0 Å². The van der Waals surface area contributed by atoms with Crippen molar-refractivity contribution in [3.8, 4) is 5.75 Å². The summed E-state index contributed by atoms with van der Waals surface area (Å²) in [6.45, 7) is 1.98. The molecule has 0 aliphatic carbocycles. The highest BCUT2D eigenvalue weighted by atomic mass is 32.1. The van der Waals surface area contributed by atoms with Crippen LogP contribution in [-0.4, -0.2) is 18.4 Å². The smallest absolute Gasteiger partial charge is 0.172 e. The van der Waals surface area contributed by atoms with E-state index in [0.29, 0.717) is 5.11 Å². The summed E-state index contributed by atoms with van der Waals surface area (Å²) in [7, 11) is 1.65. The maximum absolute atomic E-state index is 5.11. The van der Waals surface area contributed by atoms with Gasteiger partial charge in [0.1, 0.15) is 11.9 Å². The highest BCUT2D eigenvalue weighted by Gasteiger charge is 2.12. The number of thiocarbonyl (C=S) groups is 1. The maximum atomic E-state index is 5.11. The van der Waals surface area contributed by atoms with Gasteiger partial charge in [0.2, 0.25) is 0 Å². The van der Waals surface area contributed by atoms with Crippen LogP contribution in [0, 0.1) is 0 Å². The minimum Gasteiger partial charge on any atom is -0.497 e. The van der Waals surface area contributed by atoms with E-state index in [9.17, 15) is 0 Å². The number of anilines is 1. The minimum atomic E-state index is 0.0112. The first-order chi connectivity index (χ1) is 8.17. The third-order valence-corrected chi connectivity index (χ3v) is 2.65. The molecule has 0 saturated carbocycles. The van der Waals surface area contributed by atoms with E-state index in [1.54, 1.807) is 7.11 Å². The van der Waals surface area contributed by atoms with Gasteiger partial charge in [-0.25, -0.2) is 0 Å². The van der Waals surface area contributed by atoms with Crippen LogP contribution in [0.25, 0.3) is 0 Å². The van der Waals surface area contributed by atoms with Crippen LogP contribution in [0.5, 0.6) is 5.75 Å². The van der Waals surface area contributed by atoms with Gasteiger partial charge in [0.05, 0.1) is 7.11 Å². The number of hydrogen-bond donors (Lipinski definition) is 3. The zero-order chi connectivity index (χ0) is 12.3. The van der Waals surface area contributed by atoms with Crippen molar-refractivity contribution >= 4 is 23.0 Å². The summed E-state index contributed by atoms with van der Waals surface area (Å²) in [5, 5.41) is 10.1. The Hall–Kier alpha value is -1.75. The number of hydrogen-bond acceptors (Lipinski definition) is 3. The lowest BCUT2D eigenvalue weighted by molar-refractivity contribution is 0.415. The summed E-state index contributed by atoms with van der Waals surface area (Å²) >= 11 is 5.09. The zero-order valence-corrected chi connectivity index (χ0v) is 10.6. The van der Waals surface area contributed by atoms with Crippen molar-refractivity contribution in [3.05, 3.63) is 36.0 Å². The number of benzene rings is 1.